The molecule has 0 bridgehead atoms. The van der Waals surface area contributed by atoms with Crippen LogP contribution in [0.3, 0.4) is 0 Å². The Bertz CT molecular complexity index is 1910. The molecule has 174 valence electrons. The molecule has 37 heavy (non-hydrogen) atoms. The fourth-order valence-corrected chi connectivity index (χ4v) is 5.88. The molecule has 0 aliphatic carbocycles. The minimum absolute atomic E-state index is 1.25. The molecule has 0 N–H and O–H groups in total. The van der Waals surface area contributed by atoms with Gasteiger partial charge in [-0.2, -0.15) is 0 Å². The van der Waals surface area contributed by atoms with Gasteiger partial charge in [0.1, 0.15) is 0 Å². The molecule has 0 heteroatoms. The highest BCUT2D eigenvalue weighted by Gasteiger charge is 2.18. The topological polar surface area (TPSA) is 0 Å². The van der Waals surface area contributed by atoms with Gasteiger partial charge in [-0.05, 0) is 72.6 Å². The Labute approximate surface area is 217 Å². The van der Waals surface area contributed by atoms with Gasteiger partial charge in [0, 0.05) is 0 Å². The predicted octanol–water partition coefficient (Wildman–Crippen LogP) is 10.5. The molecule has 0 aromatic heterocycles. The maximum absolute atomic E-state index is 2.36. The lowest BCUT2D eigenvalue weighted by molar-refractivity contribution is 1.51. The van der Waals surface area contributed by atoms with Crippen molar-refractivity contribution in [3.05, 3.63) is 145 Å². The van der Waals surface area contributed by atoms with E-state index in [4.69, 9.17) is 0 Å². The van der Waals surface area contributed by atoms with Crippen molar-refractivity contribution in [1.82, 2.24) is 0 Å². The van der Waals surface area contributed by atoms with Crippen LogP contribution in [-0.4, -0.2) is 0 Å². The molecule has 7 aromatic rings. The van der Waals surface area contributed by atoms with Crippen molar-refractivity contribution in [2.45, 2.75) is 6.92 Å². The lowest BCUT2D eigenvalue weighted by Gasteiger charge is -2.20. The molecule has 7 rings (SSSR count). The average Bonchev–Trinajstić information content (AvgIpc) is 2.96. The van der Waals surface area contributed by atoms with Crippen LogP contribution in [0.2, 0.25) is 0 Å². The molecular weight excluding hydrogens is 444 g/mol. The van der Waals surface area contributed by atoms with Gasteiger partial charge in [0.2, 0.25) is 0 Å². The van der Waals surface area contributed by atoms with Crippen LogP contribution < -0.4 is 0 Å². The van der Waals surface area contributed by atoms with Crippen LogP contribution in [0, 0.1) is 6.92 Å². The number of hydrogen-bond donors (Lipinski definition) is 0. The Balaban J connectivity index is 1.64. The first-order valence-electron chi connectivity index (χ1n) is 12.9. The van der Waals surface area contributed by atoms with Crippen LogP contribution in [0.5, 0.6) is 0 Å². The van der Waals surface area contributed by atoms with E-state index in [2.05, 4.69) is 146 Å². The molecule has 0 radical (unpaired) electrons. The van der Waals surface area contributed by atoms with Gasteiger partial charge in [0.25, 0.3) is 0 Å². The van der Waals surface area contributed by atoms with E-state index in [9.17, 15) is 0 Å². The molecule has 0 atom stereocenters. The molecule has 7 aromatic carbocycles. The fourth-order valence-electron chi connectivity index (χ4n) is 5.88. The maximum atomic E-state index is 2.36. The largest absolute Gasteiger partial charge is 0.0622 e. The summed E-state index contributed by atoms with van der Waals surface area (Å²) < 4.78 is 0. The molecule has 0 heterocycles. The smallest absolute Gasteiger partial charge is 0.00201 e. The van der Waals surface area contributed by atoms with E-state index >= 15 is 0 Å². The van der Waals surface area contributed by atoms with Crippen molar-refractivity contribution in [2.75, 3.05) is 0 Å². The van der Waals surface area contributed by atoms with Crippen molar-refractivity contribution in [3.63, 3.8) is 0 Å². The Hall–Kier alpha value is -4.68. The van der Waals surface area contributed by atoms with Crippen molar-refractivity contribution >= 4 is 32.3 Å². The molecule has 0 saturated carbocycles. The van der Waals surface area contributed by atoms with Crippen molar-refractivity contribution < 1.29 is 0 Å². The molecule has 0 saturated heterocycles. The molecule has 0 aliphatic heterocycles. The van der Waals surface area contributed by atoms with Gasteiger partial charge in [-0.15, -0.1) is 0 Å². The Morgan fingerprint density at radius 1 is 0.324 bits per heavy atom. The Morgan fingerprint density at radius 3 is 1.49 bits per heavy atom. The van der Waals surface area contributed by atoms with Gasteiger partial charge in [-0.3, -0.25) is 0 Å². The summed E-state index contributed by atoms with van der Waals surface area (Å²) >= 11 is 0. The normalized spacial score (nSPS) is 11.4. The minimum Gasteiger partial charge on any atom is -0.0622 e. The third kappa shape index (κ3) is 3.53. The quantitative estimate of drug-likeness (QED) is 0.225. The van der Waals surface area contributed by atoms with Crippen LogP contribution in [0.4, 0.5) is 0 Å². The highest BCUT2D eigenvalue weighted by atomic mass is 14.2. The third-order valence-corrected chi connectivity index (χ3v) is 7.52. The van der Waals surface area contributed by atoms with Crippen LogP contribution in [0.15, 0.2) is 140 Å². The van der Waals surface area contributed by atoms with Gasteiger partial charge >= 0.3 is 0 Å². The highest BCUT2D eigenvalue weighted by Crippen LogP contribution is 2.46. The summed E-state index contributed by atoms with van der Waals surface area (Å²) in [5.74, 6) is 0. The predicted molar refractivity (Wildman–Crippen MR) is 160 cm³/mol. The van der Waals surface area contributed by atoms with E-state index in [1.165, 1.54) is 71.3 Å². The van der Waals surface area contributed by atoms with E-state index < -0.39 is 0 Å². The summed E-state index contributed by atoms with van der Waals surface area (Å²) in [6, 6.07) is 50.8. The highest BCUT2D eigenvalue weighted by molar-refractivity contribution is 6.24. The van der Waals surface area contributed by atoms with Crippen molar-refractivity contribution in [2.24, 2.45) is 0 Å². The lowest BCUT2D eigenvalue weighted by Crippen LogP contribution is -1.93. The van der Waals surface area contributed by atoms with E-state index in [-0.39, 0.29) is 0 Å². The molecule has 0 amide bonds. The first-order chi connectivity index (χ1) is 18.3. The van der Waals surface area contributed by atoms with Gasteiger partial charge in [0.05, 0.1) is 0 Å². The van der Waals surface area contributed by atoms with E-state index in [0.29, 0.717) is 0 Å². The molecular formula is C37H26. The summed E-state index contributed by atoms with van der Waals surface area (Å²) in [6.45, 7) is 2.19. The van der Waals surface area contributed by atoms with Crippen molar-refractivity contribution in [1.29, 1.82) is 0 Å². The standard InChI is InChI=1S/C37H26/c1-25-20-21-34-35(24-25)36(27-14-6-3-7-15-27)31-18-10-11-19-32(31)37(34)33-23-22-28(26-12-4-2-5-13-26)29-16-8-9-17-30(29)33/h2-24H,1H3. The monoisotopic (exact) mass is 470 g/mol. The first kappa shape index (κ1) is 21.6. The molecule has 0 nitrogen and oxygen atoms in total. The Kier molecular flexibility index (Phi) is 5.11. The maximum Gasteiger partial charge on any atom is -0.00201 e. The summed E-state index contributed by atoms with van der Waals surface area (Å²) in [7, 11) is 0. The van der Waals surface area contributed by atoms with Crippen molar-refractivity contribution in [3.8, 4) is 33.4 Å². The average molecular weight is 471 g/mol. The van der Waals surface area contributed by atoms with Crippen LogP contribution in [-0.2, 0) is 0 Å². The van der Waals surface area contributed by atoms with E-state index in [0.717, 1.165) is 0 Å². The second kappa shape index (κ2) is 8.76. The molecule has 0 spiro atoms. The second-order valence-electron chi connectivity index (χ2n) is 9.78. The molecule has 0 fully saturated rings. The minimum atomic E-state index is 1.25. The first-order valence-corrected chi connectivity index (χ1v) is 12.9. The van der Waals surface area contributed by atoms with Gasteiger partial charge in [-0.25, -0.2) is 0 Å². The summed E-state index contributed by atoms with van der Waals surface area (Å²) in [4.78, 5) is 0. The van der Waals surface area contributed by atoms with Crippen LogP contribution in [0.1, 0.15) is 5.56 Å². The summed E-state index contributed by atoms with van der Waals surface area (Å²) in [5, 5.41) is 7.73. The Morgan fingerprint density at radius 2 is 0.811 bits per heavy atom. The zero-order valence-electron chi connectivity index (χ0n) is 20.8. The molecule has 0 unspecified atom stereocenters. The zero-order valence-corrected chi connectivity index (χ0v) is 20.8. The third-order valence-electron chi connectivity index (χ3n) is 7.52. The summed E-state index contributed by atoms with van der Waals surface area (Å²) in [5.41, 5.74) is 8.94. The van der Waals surface area contributed by atoms with E-state index in [1.807, 2.05) is 0 Å². The van der Waals surface area contributed by atoms with Crippen LogP contribution >= 0.6 is 0 Å². The van der Waals surface area contributed by atoms with Gasteiger partial charge in [0.15, 0.2) is 0 Å². The number of hydrogen-bond acceptors (Lipinski definition) is 0. The van der Waals surface area contributed by atoms with Gasteiger partial charge < -0.3 is 0 Å². The zero-order chi connectivity index (χ0) is 24.8. The number of benzene rings is 7. The second-order valence-corrected chi connectivity index (χ2v) is 9.78. The lowest BCUT2D eigenvalue weighted by atomic mass is 9.83. The number of aryl methyl sites for hydroxylation is 1. The SMILES string of the molecule is Cc1ccc2c(-c3ccc(-c4ccccc4)c4ccccc34)c3ccccc3c(-c3ccccc3)c2c1. The van der Waals surface area contributed by atoms with Crippen LogP contribution in [0.25, 0.3) is 65.7 Å². The van der Waals surface area contributed by atoms with Gasteiger partial charge in [-0.1, -0.05) is 145 Å². The summed E-state index contributed by atoms with van der Waals surface area (Å²) in [6.07, 6.45) is 0. The number of fused-ring (bicyclic) bond motifs is 3. The van der Waals surface area contributed by atoms with E-state index in [1.54, 1.807) is 0 Å². The number of rotatable bonds is 3. The molecule has 0 aliphatic rings. The fraction of sp³-hybridized carbons (Fsp3) is 0.0270.